The zero-order valence-corrected chi connectivity index (χ0v) is 5.82. The third kappa shape index (κ3) is 3.24. The molecule has 0 saturated heterocycles. The predicted molar refractivity (Wildman–Crippen MR) is 38.2 cm³/mol. The molecule has 3 N–H and O–H groups in total. The van der Waals surface area contributed by atoms with Crippen LogP contribution >= 0.6 is 0 Å². The van der Waals surface area contributed by atoms with Gasteiger partial charge in [0.2, 0.25) is 0 Å². The maximum atomic E-state index is 10.2. The second-order valence-electron chi connectivity index (χ2n) is 2.03. The summed E-state index contributed by atoms with van der Waals surface area (Å²) in [7, 11) is 0. The van der Waals surface area contributed by atoms with E-state index in [4.69, 9.17) is 22.5 Å². The molecule has 0 aliphatic carbocycles. The van der Waals surface area contributed by atoms with E-state index in [1.807, 2.05) is 0 Å². The van der Waals surface area contributed by atoms with Gasteiger partial charge in [-0.25, -0.2) is 0 Å². The fourth-order valence-electron chi connectivity index (χ4n) is 0.513. The van der Waals surface area contributed by atoms with Crippen molar-refractivity contribution in [1.29, 1.82) is 5.26 Å². The Hall–Kier alpha value is -1.52. The number of nitrogens with two attached hydrogens (primary N) is 1. The van der Waals surface area contributed by atoms with E-state index in [1.165, 1.54) is 0 Å². The summed E-state index contributed by atoms with van der Waals surface area (Å²) in [5.41, 5.74) is 5.12. The molecule has 0 spiro atoms. The van der Waals surface area contributed by atoms with Crippen LogP contribution in [0.15, 0.2) is 0 Å². The van der Waals surface area contributed by atoms with Gasteiger partial charge in [0.05, 0.1) is 6.07 Å². The molecule has 0 aromatic heterocycles. The van der Waals surface area contributed by atoms with Crippen LogP contribution < -0.4 is 5.73 Å². The Morgan fingerprint density at radius 3 is 2.64 bits per heavy atom. The van der Waals surface area contributed by atoms with Gasteiger partial charge in [0.15, 0.2) is 0 Å². The van der Waals surface area contributed by atoms with E-state index in [-0.39, 0.29) is 6.42 Å². The van der Waals surface area contributed by atoms with Gasteiger partial charge in [0.1, 0.15) is 12.0 Å². The van der Waals surface area contributed by atoms with Crippen molar-refractivity contribution >= 4 is 5.97 Å². The van der Waals surface area contributed by atoms with Crippen molar-refractivity contribution in [3.63, 3.8) is 0 Å². The van der Waals surface area contributed by atoms with E-state index in [2.05, 4.69) is 5.92 Å². The lowest BCUT2D eigenvalue weighted by Crippen LogP contribution is -2.31. The standard InChI is InChI=1S/C7H8N2O2/c1-2-5(4-8)3-6(9)7(10)11/h1,5-6H,3,9H2,(H,10,11)/t5-,6+/m0/s1. The van der Waals surface area contributed by atoms with Crippen LogP contribution in [0.4, 0.5) is 0 Å². The summed E-state index contributed by atoms with van der Waals surface area (Å²) in [6.45, 7) is 0. The van der Waals surface area contributed by atoms with Gasteiger partial charge >= 0.3 is 5.97 Å². The van der Waals surface area contributed by atoms with E-state index < -0.39 is 17.9 Å². The molecular formula is C7H8N2O2. The molecule has 0 bridgehead atoms. The van der Waals surface area contributed by atoms with Crippen LogP contribution in [0.5, 0.6) is 0 Å². The molecule has 0 aliphatic heterocycles. The number of carboxylic acids is 1. The lowest BCUT2D eigenvalue weighted by molar-refractivity contribution is -0.138. The Labute approximate surface area is 64.6 Å². The topological polar surface area (TPSA) is 87.1 Å². The molecule has 11 heavy (non-hydrogen) atoms. The molecule has 0 amide bonds. The van der Waals surface area contributed by atoms with E-state index in [1.54, 1.807) is 6.07 Å². The molecule has 4 nitrogen and oxygen atoms in total. The van der Waals surface area contributed by atoms with Crippen LogP contribution in [0.2, 0.25) is 0 Å². The van der Waals surface area contributed by atoms with Crippen LogP contribution in [-0.4, -0.2) is 17.1 Å². The molecule has 0 aromatic rings. The third-order valence-corrected chi connectivity index (χ3v) is 1.16. The molecule has 0 aromatic carbocycles. The first-order chi connectivity index (χ1) is 5.11. The van der Waals surface area contributed by atoms with Gasteiger partial charge in [-0.15, -0.1) is 6.42 Å². The molecule has 2 atom stereocenters. The number of terminal acetylenes is 1. The molecule has 0 rings (SSSR count). The Kier molecular flexibility index (Phi) is 3.72. The van der Waals surface area contributed by atoms with Crippen LogP contribution in [-0.2, 0) is 4.79 Å². The van der Waals surface area contributed by atoms with Crippen LogP contribution in [0.1, 0.15) is 6.42 Å². The molecule has 58 valence electrons. The van der Waals surface area contributed by atoms with Crippen LogP contribution in [0, 0.1) is 29.6 Å². The predicted octanol–water partition coefficient (Wildman–Crippen LogP) is -0.439. The first-order valence-electron chi connectivity index (χ1n) is 2.96. The fourth-order valence-corrected chi connectivity index (χ4v) is 0.513. The number of nitriles is 1. The number of nitrogens with zero attached hydrogens (tertiary/aromatic N) is 1. The summed E-state index contributed by atoms with van der Waals surface area (Å²) in [5.74, 6) is 0.287. The van der Waals surface area contributed by atoms with E-state index in [0.717, 1.165) is 0 Å². The fraction of sp³-hybridized carbons (Fsp3) is 0.429. The molecule has 0 radical (unpaired) electrons. The minimum absolute atomic E-state index is 0.00231. The van der Waals surface area contributed by atoms with Gasteiger partial charge in [-0.05, 0) is 0 Å². The van der Waals surface area contributed by atoms with Gasteiger partial charge in [0.25, 0.3) is 0 Å². The Morgan fingerprint density at radius 2 is 2.36 bits per heavy atom. The van der Waals surface area contributed by atoms with Gasteiger partial charge in [-0.2, -0.15) is 5.26 Å². The largest absolute Gasteiger partial charge is 0.480 e. The van der Waals surface area contributed by atoms with E-state index in [0.29, 0.717) is 0 Å². The zero-order chi connectivity index (χ0) is 8.85. The van der Waals surface area contributed by atoms with Gasteiger partial charge in [-0.3, -0.25) is 4.79 Å². The number of hydrogen-bond donors (Lipinski definition) is 2. The summed E-state index contributed by atoms with van der Waals surface area (Å²) in [6, 6.07) is 0.712. The smallest absolute Gasteiger partial charge is 0.320 e. The number of aliphatic carboxylic acids is 1. The van der Waals surface area contributed by atoms with E-state index >= 15 is 0 Å². The van der Waals surface area contributed by atoms with Gasteiger partial charge in [-0.1, -0.05) is 5.92 Å². The molecule has 0 aliphatic rings. The monoisotopic (exact) mass is 152 g/mol. The highest BCUT2D eigenvalue weighted by Gasteiger charge is 2.16. The average Bonchev–Trinajstić information content (AvgIpc) is 1.99. The maximum absolute atomic E-state index is 10.2. The van der Waals surface area contributed by atoms with Crippen molar-refractivity contribution < 1.29 is 9.90 Å². The van der Waals surface area contributed by atoms with Crippen LogP contribution in [0.25, 0.3) is 0 Å². The van der Waals surface area contributed by atoms with Crippen molar-refractivity contribution in [2.45, 2.75) is 12.5 Å². The second-order valence-corrected chi connectivity index (χ2v) is 2.03. The molecule has 0 unspecified atom stereocenters. The highest BCUT2D eigenvalue weighted by Crippen LogP contribution is 2.02. The summed E-state index contributed by atoms with van der Waals surface area (Å²) < 4.78 is 0. The average molecular weight is 152 g/mol. The van der Waals surface area contributed by atoms with Crippen molar-refractivity contribution in [3.05, 3.63) is 0 Å². The quantitative estimate of drug-likeness (QED) is 0.537. The van der Waals surface area contributed by atoms with Gasteiger partial charge < -0.3 is 10.8 Å². The lowest BCUT2D eigenvalue weighted by atomic mass is 10.0. The Morgan fingerprint density at radius 1 is 1.82 bits per heavy atom. The minimum atomic E-state index is -1.14. The normalized spacial score (nSPS) is 14.1. The lowest BCUT2D eigenvalue weighted by Gasteiger charge is -2.05. The molecule has 4 heteroatoms. The Bertz CT molecular complexity index is 210. The molecule has 0 saturated carbocycles. The summed E-state index contributed by atoms with van der Waals surface area (Å²) in [6.07, 6.45) is 4.91. The summed E-state index contributed by atoms with van der Waals surface area (Å²) >= 11 is 0. The zero-order valence-electron chi connectivity index (χ0n) is 5.82. The minimum Gasteiger partial charge on any atom is -0.480 e. The first-order valence-corrected chi connectivity index (χ1v) is 2.96. The number of carbonyl (C=O) groups is 1. The molecule has 0 heterocycles. The van der Waals surface area contributed by atoms with Crippen molar-refractivity contribution in [2.24, 2.45) is 11.7 Å². The summed E-state index contributed by atoms with van der Waals surface area (Å²) in [4.78, 5) is 10.2. The number of hydrogen-bond acceptors (Lipinski definition) is 3. The highest BCUT2D eigenvalue weighted by molar-refractivity contribution is 5.73. The first kappa shape index (κ1) is 9.48. The number of carboxylic acid groups (broad SMARTS) is 1. The Balaban J connectivity index is 3.97. The summed E-state index contributed by atoms with van der Waals surface area (Å²) in [5, 5.41) is 16.6. The van der Waals surface area contributed by atoms with E-state index in [9.17, 15) is 4.79 Å². The van der Waals surface area contributed by atoms with Gasteiger partial charge in [0, 0.05) is 6.42 Å². The SMILES string of the molecule is C#C[C@H](C#N)C[C@@H](N)C(=O)O. The van der Waals surface area contributed by atoms with Crippen molar-refractivity contribution in [3.8, 4) is 18.4 Å². The van der Waals surface area contributed by atoms with Crippen molar-refractivity contribution in [2.75, 3.05) is 0 Å². The second kappa shape index (κ2) is 4.32. The highest BCUT2D eigenvalue weighted by atomic mass is 16.4. The number of rotatable bonds is 3. The molecular weight excluding hydrogens is 144 g/mol. The van der Waals surface area contributed by atoms with Crippen molar-refractivity contribution in [1.82, 2.24) is 0 Å². The third-order valence-electron chi connectivity index (χ3n) is 1.16. The maximum Gasteiger partial charge on any atom is 0.320 e. The molecule has 0 fully saturated rings. The van der Waals surface area contributed by atoms with Crippen LogP contribution in [0.3, 0.4) is 0 Å².